The highest BCUT2D eigenvalue weighted by atomic mass is 16.3. The van der Waals surface area contributed by atoms with E-state index in [-0.39, 0.29) is 0 Å². The third-order valence-corrected chi connectivity index (χ3v) is 3.70. The molecule has 1 atom stereocenters. The summed E-state index contributed by atoms with van der Waals surface area (Å²) in [4.78, 5) is 2.39. The van der Waals surface area contributed by atoms with Crippen LogP contribution in [-0.2, 0) is 13.1 Å². The van der Waals surface area contributed by atoms with E-state index in [0.29, 0.717) is 12.0 Å². The Morgan fingerprint density at radius 2 is 2.00 bits per heavy atom. The number of nitrogens with one attached hydrogen (secondary N) is 1. The molecular formula is C15H28N2O. The Hall–Kier alpha value is -0.800. The Morgan fingerprint density at radius 1 is 1.33 bits per heavy atom. The molecule has 0 radical (unpaired) electrons. The quantitative estimate of drug-likeness (QED) is 0.808. The molecule has 0 aliphatic carbocycles. The van der Waals surface area contributed by atoms with Gasteiger partial charge in [0.1, 0.15) is 11.5 Å². The average Bonchev–Trinajstić information content (AvgIpc) is 2.66. The Kier molecular flexibility index (Phi) is 5.89. The van der Waals surface area contributed by atoms with Crippen molar-refractivity contribution in [3.8, 4) is 0 Å². The second-order valence-corrected chi connectivity index (χ2v) is 5.47. The fourth-order valence-electron chi connectivity index (χ4n) is 2.00. The van der Waals surface area contributed by atoms with Crippen LogP contribution in [0.2, 0.25) is 0 Å². The molecule has 0 aliphatic heterocycles. The highest BCUT2D eigenvalue weighted by molar-refractivity contribution is 5.20. The average molecular weight is 252 g/mol. The molecule has 3 nitrogen and oxygen atoms in total. The van der Waals surface area contributed by atoms with Crippen LogP contribution < -0.4 is 5.32 Å². The minimum atomic E-state index is 0.580. The summed E-state index contributed by atoms with van der Waals surface area (Å²) in [5.41, 5.74) is 1.30. The Bertz CT molecular complexity index is 357. The number of aryl methyl sites for hydroxylation is 1. The van der Waals surface area contributed by atoms with E-state index in [1.165, 1.54) is 5.56 Å². The minimum Gasteiger partial charge on any atom is -0.465 e. The standard InChI is InChI=1S/C15H28N2O/c1-7-16-9-15-8-14(13(5)18-15)10-17(6)12(4)11(2)3/h8,11-12,16H,7,9-10H2,1-6H3. The maximum Gasteiger partial charge on any atom is 0.118 e. The first kappa shape index (κ1) is 15.3. The van der Waals surface area contributed by atoms with Gasteiger partial charge in [-0.15, -0.1) is 0 Å². The Morgan fingerprint density at radius 3 is 2.56 bits per heavy atom. The summed E-state index contributed by atoms with van der Waals surface area (Å²) in [5.74, 6) is 2.75. The van der Waals surface area contributed by atoms with Gasteiger partial charge in [-0.3, -0.25) is 4.90 Å². The molecule has 18 heavy (non-hydrogen) atoms. The maximum absolute atomic E-state index is 5.77. The van der Waals surface area contributed by atoms with E-state index in [1.807, 2.05) is 0 Å². The Labute approximate surface area is 112 Å². The van der Waals surface area contributed by atoms with Crippen LogP contribution >= 0.6 is 0 Å². The monoisotopic (exact) mass is 252 g/mol. The van der Waals surface area contributed by atoms with E-state index in [0.717, 1.165) is 31.2 Å². The molecule has 1 aromatic rings. The normalized spacial score (nSPS) is 13.6. The van der Waals surface area contributed by atoms with Gasteiger partial charge in [0.25, 0.3) is 0 Å². The number of nitrogens with zero attached hydrogens (tertiary/aromatic N) is 1. The SMILES string of the molecule is CCNCc1cc(CN(C)C(C)C(C)C)c(C)o1. The summed E-state index contributed by atoms with van der Waals surface area (Å²) in [6.45, 7) is 13.7. The van der Waals surface area contributed by atoms with Crippen LogP contribution in [0.5, 0.6) is 0 Å². The van der Waals surface area contributed by atoms with Crippen LogP contribution in [0.1, 0.15) is 44.8 Å². The molecule has 0 spiro atoms. The summed E-state index contributed by atoms with van der Waals surface area (Å²) < 4.78 is 5.77. The summed E-state index contributed by atoms with van der Waals surface area (Å²) in [5, 5.41) is 3.29. The molecule has 104 valence electrons. The zero-order valence-corrected chi connectivity index (χ0v) is 12.7. The van der Waals surface area contributed by atoms with E-state index in [2.05, 4.69) is 57.9 Å². The van der Waals surface area contributed by atoms with Crippen molar-refractivity contribution in [2.24, 2.45) is 5.92 Å². The molecular weight excluding hydrogens is 224 g/mol. The zero-order chi connectivity index (χ0) is 13.7. The van der Waals surface area contributed by atoms with Gasteiger partial charge < -0.3 is 9.73 Å². The van der Waals surface area contributed by atoms with Gasteiger partial charge in [0.15, 0.2) is 0 Å². The molecule has 0 amide bonds. The van der Waals surface area contributed by atoms with Crippen LogP contribution in [0.4, 0.5) is 0 Å². The van der Waals surface area contributed by atoms with E-state index in [1.54, 1.807) is 0 Å². The number of hydrogen-bond acceptors (Lipinski definition) is 3. The van der Waals surface area contributed by atoms with Gasteiger partial charge in [0, 0.05) is 18.2 Å². The van der Waals surface area contributed by atoms with Gasteiger partial charge in [-0.05, 0) is 39.4 Å². The van der Waals surface area contributed by atoms with E-state index >= 15 is 0 Å². The highest BCUT2D eigenvalue weighted by Crippen LogP contribution is 2.18. The predicted molar refractivity (Wildman–Crippen MR) is 76.6 cm³/mol. The number of furan rings is 1. The molecule has 1 rings (SSSR count). The van der Waals surface area contributed by atoms with Crippen molar-refractivity contribution in [3.05, 3.63) is 23.2 Å². The molecule has 0 saturated carbocycles. The van der Waals surface area contributed by atoms with Gasteiger partial charge in [0.05, 0.1) is 6.54 Å². The van der Waals surface area contributed by atoms with Crippen molar-refractivity contribution >= 4 is 0 Å². The number of hydrogen-bond donors (Lipinski definition) is 1. The van der Waals surface area contributed by atoms with Gasteiger partial charge in [-0.2, -0.15) is 0 Å². The molecule has 0 fully saturated rings. The van der Waals surface area contributed by atoms with E-state index in [9.17, 15) is 0 Å². The molecule has 1 N–H and O–H groups in total. The van der Waals surface area contributed by atoms with Crippen molar-refractivity contribution in [2.75, 3.05) is 13.6 Å². The minimum absolute atomic E-state index is 0.580. The topological polar surface area (TPSA) is 28.4 Å². The van der Waals surface area contributed by atoms with Crippen molar-refractivity contribution in [1.82, 2.24) is 10.2 Å². The lowest BCUT2D eigenvalue weighted by atomic mass is 10.0. The lowest BCUT2D eigenvalue weighted by Gasteiger charge is -2.27. The summed E-state index contributed by atoms with van der Waals surface area (Å²) in [6.07, 6.45) is 0. The van der Waals surface area contributed by atoms with Crippen molar-refractivity contribution in [3.63, 3.8) is 0 Å². The first-order valence-electron chi connectivity index (χ1n) is 6.94. The maximum atomic E-state index is 5.77. The molecule has 0 aromatic carbocycles. The fraction of sp³-hybridized carbons (Fsp3) is 0.733. The lowest BCUT2D eigenvalue weighted by Crippen LogP contribution is -2.32. The zero-order valence-electron chi connectivity index (χ0n) is 12.7. The number of rotatable bonds is 7. The summed E-state index contributed by atoms with van der Waals surface area (Å²) >= 11 is 0. The summed E-state index contributed by atoms with van der Waals surface area (Å²) in [6, 6.07) is 2.76. The second kappa shape index (κ2) is 6.95. The molecule has 0 bridgehead atoms. The van der Waals surface area contributed by atoms with Crippen LogP contribution in [0, 0.1) is 12.8 Å². The van der Waals surface area contributed by atoms with E-state index in [4.69, 9.17) is 4.42 Å². The highest BCUT2D eigenvalue weighted by Gasteiger charge is 2.16. The van der Waals surface area contributed by atoms with Crippen LogP contribution in [0.15, 0.2) is 10.5 Å². The van der Waals surface area contributed by atoms with Crippen molar-refractivity contribution in [2.45, 2.75) is 53.8 Å². The fourth-order valence-corrected chi connectivity index (χ4v) is 2.00. The van der Waals surface area contributed by atoms with Gasteiger partial charge in [-0.25, -0.2) is 0 Å². The smallest absolute Gasteiger partial charge is 0.118 e. The third kappa shape index (κ3) is 4.14. The molecule has 1 aromatic heterocycles. The Balaban J connectivity index is 2.64. The largest absolute Gasteiger partial charge is 0.465 e. The predicted octanol–water partition coefficient (Wildman–Crippen LogP) is 3.17. The van der Waals surface area contributed by atoms with Crippen LogP contribution in [-0.4, -0.2) is 24.5 Å². The van der Waals surface area contributed by atoms with Crippen LogP contribution in [0.3, 0.4) is 0 Å². The van der Waals surface area contributed by atoms with Gasteiger partial charge >= 0.3 is 0 Å². The van der Waals surface area contributed by atoms with E-state index < -0.39 is 0 Å². The first-order valence-corrected chi connectivity index (χ1v) is 6.94. The molecule has 3 heteroatoms. The van der Waals surface area contributed by atoms with Gasteiger partial charge in [-0.1, -0.05) is 20.8 Å². The molecule has 1 unspecified atom stereocenters. The van der Waals surface area contributed by atoms with Crippen molar-refractivity contribution < 1.29 is 4.42 Å². The molecule has 0 aliphatic rings. The second-order valence-electron chi connectivity index (χ2n) is 5.47. The molecule has 0 saturated heterocycles. The lowest BCUT2D eigenvalue weighted by molar-refractivity contribution is 0.199. The summed E-state index contributed by atoms with van der Waals surface area (Å²) in [7, 11) is 2.18. The molecule has 1 heterocycles. The third-order valence-electron chi connectivity index (χ3n) is 3.70. The van der Waals surface area contributed by atoms with Crippen LogP contribution in [0.25, 0.3) is 0 Å². The first-order chi connectivity index (χ1) is 8.45. The van der Waals surface area contributed by atoms with Gasteiger partial charge in [0.2, 0.25) is 0 Å². The van der Waals surface area contributed by atoms with Crippen molar-refractivity contribution in [1.29, 1.82) is 0 Å².